The van der Waals surface area contributed by atoms with Gasteiger partial charge >= 0.3 is 6.03 Å². The van der Waals surface area contributed by atoms with Crippen molar-refractivity contribution in [1.29, 1.82) is 0 Å². The first kappa shape index (κ1) is 17.0. The Labute approximate surface area is 151 Å². The topological polar surface area (TPSA) is 59.0 Å². The number of rotatable bonds is 5. The molecular weight excluding hydrogens is 336 g/mol. The lowest BCUT2D eigenvalue weighted by molar-refractivity contribution is 0.252. The highest BCUT2D eigenvalue weighted by Gasteiger charge is 2.10. The number of anilines is 1. The van der Waals surface area contributed by atoms with Gasteiger partial charge in [0.05, 0.1) is 16.9 Å². The van der Waals surface area contributed by atoms with E-state index >= 15 is 0 Å². The number of halogens is 1. The summed E-state index contributed by atoms with van der Waals surface area (Å²) in [5.74, 6) is 0. The smallest absolute Gasteiger partial charge is 0.319 e. The number of aryl methyl sites for hydroxylation is 1. The number of aromatic nitrogens is 2. The first-order valence-corrected chi connectivity index (χ1v) is 8.38. The Kier molecular flexibility index (Phi) is 5.36. The van der Waals surface area contributed by atoms with Gasteiger partial charge in [0.1, 0.15) is 0 Å². The van der Waals surface area contributed by atoms with E-state index in [4.69, 9.17) is 11.6 Å². The molecule has 0 aliphatic carbocycles. The molecule has 5 nitrogen and oxygen atoms in total. The van der Waals surface area contributed by atoms with E-state index in [0.717, 1.165) is 17.7 Å². The number of hydrogen-bond donors (Lipinski definition) is 2. The average Bonchev–Trinajstić information content (AvgIpc) is 2.94. The minimum absolute atomic E-state index is 0.232. The maximum absolute atomic E-state index is 12.1. The van der Waals surface area contributed by atoms with Gasteiger partial charge in [-0.1, -0.05) is 54.1 Å². The second-order valence-corrected chi connectivity index (χ2v) is 6.07. The van der Waals surface area contributed by atoms with Crippen molar-refractivity contribution in [3.05, 3.63) is 71.4 Å². The molecule has 0 atom stereocenters. The van der Waals surface area contributed by atoms with Crippen molar-refractivity contribution in [3.63, 3.8) is 0 Å². The molecule has 0 aliphatic rings. The molecule has 6 heteroatoms. The molecule has 128 valence electrons. The maximum Gasteiger partial charge on any atom is 0.319 e. The zero-order valence-corrected chi connectivity index (χ0v) is 14.6. The Morgan fingerprint density at radius 1 is 1.16 bits per heavy atom. The van der Waals surface area contributed by atoms with Gasteiger partial charge in [0.25, 0.3) is 0 Å². The minimum atomic E-state index is -0.232. The molecule has 3 rings (SSSR count). The summed E-state index contributed by atoms with van der Waals surface area (Å²) in [6.07, 6.45) is 2.40. The number of carbonyl (C=O) groups is 1. The molecule has 0 aliphatic heterocycles. The summed E-state index contributed by atoms with van der Waals surface area (Å²) in [7, 11) is 1.83. The lowest BCUT2D eigenvalue weighted by Gasteiger charge is -2.10. The van der Waals surface area contributed by atoms with Crippen molar-refractivity contribution in [2.75, 3.05) is 11.9 Å². The third-order valence-electron chi connectivity index (χ3n) is 3.83. The Morgan fingerprint density at radius 3 is 2.68 bits per heavy atom. The van der Waals surface area contributed by atoms with Crippen molar-refractivity contribution < 1.29 is 4.79 Å². The lowest BCUT2D eigenvalue weighted by Crippen LogP contribution is -2.30. The quantitative estimate of drug-likeness (QED) is 0.724. The van der Waals surface area contributed by atoms with E-state index in [9.17, 15) is 4.79 Å². The van der Waals surface area contributed by atoms with Gasteiger partial charge in [0.15, 0.2) is 0 Å². The summed E-state index contributed by atoms with van der Waals surface area (Å²) in [5, 5.41) is 10.4. The van der Waals surface area contributed by atoms with Gasteiger partial charge < -0.3 is 10.6 Å². The number of urea groups is 1. The van der Waals surface area contributed by atoms with Gasteiger partial charge in [-0.2, -0.15) is 5.10 Å². The highest BCUT2D eigenvalue weighted by atomic mass is 35.5. The Hall–Kier alpha value is -2.79. The third kappa shape index (κ3) is 4.39. The average molecular weight is 355 g/mol. The molecule has 0 fully saturated rings. The SMILES string of the molecule is Cn1ncc(Cl)c1-c1cccc(NC(=O)NCCc2ccccc2)c1. The van der Waals surface area contributed by atoms with E-state index in [0.29, 0.717) is 17.3 Å². The second-order valence-electron chi connectivity index (χ2n) is 5.66. The largest absolute Gasteiger partial charge is 0.338 e. The number of nitrogens with zero attached hydrogens (tertiary/aromatic N) is 2. The van der Waals surface area contributed by atoms with Crippen molar-refractivity contribution in [1.82, 2.24) is 15.1 Å². The fourth-order valence-corrected chi connectivity index (χ4v) is 2.90. The van der Waals surface area contributed by atoms with E-state index in [1.165, 1.54) is 5.56 Å². The molecule has 1 heterocycles. The molecule has 1 aromatic heterocycles. The molecule has 3 aromatic rings. The monoisotopic (exact) mass is 354 g/mol. The predicted molar refractivity (Wildman–Crippen MR) is 101 cm³/mol. The van der Waals surface area contributed by atoms with E-state index in [1.54, 1.807) is 10.9 Å². The summed E-state index contributed by atoms with van der Waals surface area (Å²) in [6.45, 7) is 0.573. The zero-order valence-electron chi connectivity index (χ0n) is 13.9. The molecule has 25 heavy (non-hydrogen) atoms. The third-order valence-corrected chi connectivity index (χ3v) is 4.11. The molecule has 0 spiro atoms. The van der Waals surface area contributed by atoms with Crippen LogP contribution in [-0.4, -0.2) is 22.4 Å². The first-order valence-electron chi connectivity index (χ1n) is 8.00. The van der Waals surface area contributed by atoms with Crippen molar-refractivity contribution in [3.8, 4) is 11.3 Å². The second kappa shape index (κ2) is 7.85. The Balaban J connectivity index is 1.59. The van der Waals surface area contributed by atoms with E-state index in [-0.39, 0.29) is 6.03 Å². The van der Waals surface area contributed by atoms with Crippen LogP contribution in [0.3, 0.4) is 0 Å². The van der Waals surface area contributed by atoms with Crippen LogP contribution < -0.4 is 10.6 Å². The number of carbonyl (C=O) groups excluding carboxylic acids is 1. The number of nitrogens with one attached hydrogen (secondary N) is 2. The van der Waals surface area contributed by atoms with Crippen LogP contribution >= 0.6 is 11.6 Å². The molecule has 0 saturated heterocycles. The van der Waals surface area contributed by atoms with Crippen LogP contribution in [0.4, 0.5) is 10.5 Å². The van der Waals surface area contributed by atoms with E-state index in [1.807, 2.05) is 61.6 Å². The van der Waals surface area contributed by atoms with Gasteiger partial charge in [0.2, 0.25) is 0 Å². The minimum Gasteiger partial charge on any atom is -0.338 e. The standard InChI is InChI=1S/C19H19ClN4O/c1-24-18(17(20)13-22-24)15-8-5-9-16(12-15)23-19(25)21-11-10-14-6-3-2-4-7-14/h2-9,12-13H,10-11H2,1H3,(H2,21,23,25). The van der Waals surface area contributed by atoms with Crippen LogP contribution in [0.1, 0.15) is 5.56 Å². The number of hydrogen-bond acceptors (Lipinski definition) is 2. The molecule has 0 unspecified atom stereocenters. The molecule has 2 amide bonds. The molecule has 2 aromatic carbocycles. The normalized spacial score (nSPS) is 10.5. The van der Waals surface area contributed by atoms with Gasteiger partial charge in [-0.3, -0.25) is 4.68 Å². The van der Waals surface area contributed by atoms with Crippen LogP contribution in [0.5, 0.6) is 0 Å². The molecule has 2 N–H and O–H groups in total. The van der Waals surface area contributed by atoms with E-state index in [2.05, 4.69) is 15.7 Å². The summed E-state index contributed by atoms with van der Waals surface area (Å²) < 4.78 is 1.71. The lowest BCUT2D eigenvalue weighted by atomic mass is 10.1. The van der Waals surface area contributed by atoms with Gasteiger partial charge in [-0.25, -0.2) is 4.79 Å². The first-order chi connectivity index (χ1) is 12.1. The summed E-state index contributed by atoms with van der Waals surface area (Å²) in [6, 6.07) is 17.3. The molecular formula is C19H19ClN4O. The van der Waals surface area contributed by atoms with Gasteiger partial charge in [0, 0.05) is 24.8 Å². The van der Waals surface area contributed by atoms with Gasteiger partial charge in [-0.05, 0) is 24.1 Å². The van der Waals surface area contributed by atoms with E-state index < -0.39 is 0 Å². The highest BCUT2D eigenvalue weighted by molar-refractivity contribution is 6.33. The fourth-order valence-electron chi connectivity index (χ4n) is 2.62. The van der Waals surface area contributed by atoms with Crippen LogP contribution in [-0.2, 0) is 13.5 Å². The van der Waals surface area contributed by atoms with Crippen LogP contribution in [0.25, 0.3) is 11.3 Å². The maximum atomic E-state index is 12.1. The number of amides is 2. The zero-order chi connectivity index (χ0) is 17.6. The Bertz CT molecular complexity index is 841. The van der Waals surface area contributed by atoms with Crippen LogP contribution in [0.2, 0.25) is 5.02 Å². The van der Waals surface area contributed by atoms with Crippen LogP contribution in [0, 0.1) is 0 Å². The molecule has 0 saturated carbocycles. The predicted octanol–water partition coefficient (Wildman–Crippen LogP) is 4.10. The summed E-state index contributed by atoms with van der Waals surface area (Å²) in [5.41, 5.74) is 3.60. The highest BCUT2D eigenvalue weighted by Crippen LogP contribution is 2.28. The molecule has 0 bridgehead atoms. The van der Waals surface area contributed by atoms with Gasteiger partial charge in [-0.15, -0.1) is 0 Å². The van der Waals surface area contributed by atoms with Crippen LogP contribution in [0.15, 0.2) is 60.8 Å². The van der Waals surface area contributed by atoms with Crippen molar-refractivity contribution in [2.24, 2.45) is 7.05 Å². The Morgan fingerprint density at radius 2 is 1.96 bits per heavy atom. The summed E-state index contributed by atoms with van der Waals surface area (Å²) in [4.78, 5) is 12.1. The molecule has 0 radical (unpaired) electrons. The van der Waals surface area contributed by atoms with Crippen molar-refractivity contribution >= 4 is 23.3 Å². The number of benzene rings is 2. The fraction of sp³-hybridized carbons (Fsp3) is 0.158. The summed E-state index contributed by atoms with van der Waals surface area (Å²) >= 11 is 6.18. The van der Waals surface area contributed by atoms with Crippen molar-refractivity contribution in [2.45, 2.75) is 6.42 Å².